The molecule has 0 aliphatic carbocycles. The maximum absolute atomic E-state index is 9.28. The van der Waals surface area contributed by atoms with E-state index >= 15 is 0 Å². The number of fused-ring (bicyclic) bond motifs is 1. The summed E-state index contributed by atoms with van der Waals surface area (Å²) >= 11 is 1.58. The molecule has 0 saturated carbocycles. The average molecular weight is 375 g/mol. The van der Waals surface area contributed by atoms with E-state index in [0.29, 0.717) is 0 Å². The third-order valence-corrected chi connectivity index (χ3v) is 6.15. The number of nitrogens with zero attached hydrogens (tertiary/aromatic N) is 3. The number of imidazole rings is 1. The van der Waals surface area contributed by atoms with E-state index in [2.05, 4.69) is 57.4 Å². The minimum Gasteiger partial charge on any atom is -0.391 e. The van der Waals surface area contributed by atoms with Gasteiger partial charge in [-0.25, -0.2) is 4.98 Å². The van der Waals surface area contributed by atoms with Gasteiger partial charge in [0.1, 0.15) is 5.65 Å². The summed E-state index contributed by atoms with van der Waals surface area (Å²) in [5, 5.41) is 11.4. The number of anilines is 1. The Hall–Kier alpha value is -2.63. The molecule has 0 atom stereocenters. The molecule has 1 fully saturated rings. The molecule has 1 aliphatic rings. The van der Waals surface area contributed by atoms with E-state index in [1.807, 2.05) is 12.1 Å². The van der Waals surface area contributed by atoms with Crippen LogP contribution in [0.1, 0.15) is 17.7 Å². The maximum atomic E-state index is 9.28. The van der Waals surface area contributed by atoms with Crippen LogP contribution in [-0.2, 0) is 6.61 Å². The number of hydrogen-bond donors (Lipinski definition) is 1. The number of hydrogen-bond acceptors (Lipinski definition) is 4. The van der Waals surface area contributed by atoms with Crippen molar-refractivity contribution in [2.45, 2.75) is 19.4 Å². The molecule has 1 saturated heterocycles. The maximum Gasteiger partial charge on any atom is 0.137 e. The first kappa shape index (κ1) is 16.5. The monoisotopic (exact) mass is 375 g/mol. The first-order valence-corrected chi connectivity index (χ1v) is 10.2. The molecule has 27 heavy (non-hydrogen) atoms. The summed E-state index contributed by atoms with van der Waals surface area (Å²) in [6.45, 7) is 2.42. The van der Waals surface area contributed by atoms with E-state index < -0.39 is 0 Å². The van der Waals surface area contributed by atoms with Crippen LogP contribution in [0.3, 0.4) is 0 Å². The average Bonchev–Trinajstić information content (AvgIpc) is 3.47. The number of aliphatic hydroxyl groups excluding tert-OH is 1. The molecular formula is C22H21N3OS. The minimum absolute atomic E-state index is 0.0928. The zero-order chi connectivity index (χ0) is 18.2. The number of benzene rings is 1. The van der Waals surface area contributed by atoms with Crippen LogP contribution in [0, 0.1) is 0 Å². The molecular weight excluding hydrogens is 354 g/mol. The van der Waals surface area contributed by atoms with E-state index in [4.69, 9.17) is 4.98 Å². The quantitative estimate of drug-likeness (QED) is 0.556. The van der Waals surface area contributed by atoms with Gasteiger partial charge in [0.2, 0.25) is 0 Å². The molecule has 1 aliphatic heterocycles. The second-order valence-corrected chi connectivity index (χ2v) is 8.01. The number of aliphatic hydroxyl groups is 1. The van der Waals surface area contributed by atoms with Gasteiger partial charge in [-0.2, -0.15) is 0 Å². The van der Waals surface area contributed by atoms with Gasteiger partial charge in [0.25, 0.3) is 0 Å². The fourth-order valence-electron chi connectivity index (χ4n) is 3.73. The summed E-state index contributed by atoms with van der Waals surface area (Å²) in [7, 11) is 0. The Bertz CT molecular complexity index is 1070. The molecule has 0 spiro atoms. The lowest BCUT2D eigenvalue weighted by Gasteiger charge is -2.17. The van der Waals surface area contributed by atoms with Crippen LogP contribution in [0.25, 0.3) is 28.0 Å². The molecule has 5 heteroatoms. The van der Waals surface area contributed by atoms with E-state index in [-0.39, 0.29) is 6.61 Å². The molecule has 5 rings (SSSR count). The van der Waals surface area contributed by atoms with Crippen molar-refractivity contribution in [1.29, 1.82) is 0 Å². The Kier molecular flexibility index (Phi) is 4.19. The number of rotatable bonds is 4. The lowest BCUT2D eigenvalue weighted by molar-refractivity contribution is 0.285. The Morgan fingerprint density at radius 1 is 0.926 bits per heavy atom. The molecule has 0 bridgehead atoms. The van der Waals surface area contributed by atoms with Gasteiger partial charge in [-0.1, -0.05) is 12.1 Å². The van der Waals surface area contributed by atoms with Gasteiger partial charge in [0, 0.05) is 41.6 Å². The fourth-order valence-corrected chi connectivity index (χ4v) is 4.49. The van der Waals surface area contributed by atoms with Crippen molar-refractivity contribution in [3.63, 3.8) is 0 Å². The summed E-state index contributed by atoms with van der Waals surface area (Å²) in [6, 6.07) is 14.9. The highest BCUT2D eigenvalue weighted by molar-refractivity contribution is 7.10. The van der Waals surface area contributed by atoms with Crippen LogP contribution >= 0.6 is 11.3 Å². The van der Waals surface area contributed by atoms with Crippen LogP contribution in [0.4, 0.5) is 5.69 Å². The number of thiophene rings is 1. The summed E-state index contributed by atoms with van der Waals surface area (Å²) in [6.07, 6.45) is 6.78. The second kappa shape index (κ2) is 6.83. The van der Waals surface area contributed by atoms with E-state index in [9.17, 15) is 5.11 Å². The van der Waals surface area contributed by atoms with Gasteiger partial charge in [0.05, 0.1) is 12.3 Å². The normalized spacial score (nSPS) is 14.3. The summed E-state index contributed by atoms with van der Waals surface area (Å²) in [5.41, 5.74) is 6.64. The van der Waals surface area contributed by atoms with E-state index in [1.54, 1.807) is 11.3 Å². The molecule has 0 unspecified atom stereocenters. The van der Waals surface area contributed by atoms with Gasteiger partial charge in [0.15, 0.2) is 0 Å². The Morgan fingerprint density at radius 3 is 2.44 bits per heavy atom. The highest BCUT2D eigenvalue weighted by atomic mass is 32.1. The molecule has 136 valence electrons. The minimum atomic E-state index is 0.0928. The van der Waals surface area contributed by atoms with Crippen LogP contribution in [0.5, 0.6) is 0 Å². The van der Waals surface area contributed by atoms with Crippen molar-refractivity contribution < 1.29 is 5.11 Å². The van der Waals surface area contributed by atoms with Gasteiger partial charge in [-0.15, -0.1) is 11.3 Å². The zero-order valence-corrected chi connectivity index (χ0v) is 15.8. The highest BCUT2D eigenvalue weighted by Crippen LogP contribution is 2.28. The van der Waals surface area contributed by atoms with E-state index in [1.165, 1.54) is 18.5 Å². The van der Waals surface area contributed by atoms with E-state index in [0.717, 1.165) is 46.0 Å². The van der Waals surface area contributed by atoms with Crippen molar-refractivity contribution in [3.05, 3.63) is 65.1 Å². The van der Waals surface area contributed by atoms with Gasteiger partial charge < -0.3 is 14.4 Å². The molecule has 4 heterocycles. The predicted octanol–water partition coefficient (Wildman–Crippen LogP) is 4.82. The molecule has 3 aromatic heterocycles. The van der Waals surface area contributed by atoms with Crippen molar-refractivity contribution in [1.82, 2.24) is 9.38 Å². The summed E-state index contributed by atoms with van der Waals surface area (Å²) in [4.78, 5) is 8.20. The largest absolute Gasteiger partial charge is 0.391 e. The molecule has 1 aromatic carbocycles. The predicted molar refractivity (Wildman–Crippen MR) is 111 cm³/mol. The van der Waals surface area contributed by atoms with Crippen molar-refractivity contribution in [3.8, 4) is 22.4 Å². The number of aromatic nitrogens is 2. The van der Waals surface area contributed by atoms with Gasteiger partial charge in [-0.05, 0) is 59.7 Å². The van der Waals surface area contributed by atoms with Crippen LogP contribution in [0.15, 0.2) is 60.2 Å². The topological polar surface area (TPSA) is 40.8 Å². The Balaban J connectivity index is 1.45. The molecule has 4 aromatic rings. The summed E-state index contributed by atoms with van der Waals surface area (Å²) in [5.74, 6) is 0. The highest BCUT2D eigenvalue weighted by Gasteiger charge is 2.13. The SMILES string of the molecule is OCc1cc(-c2ccc3nc(-c4ccc(N5CCCC5)cc4)cn3c2)cs1. The smallest absolute Gasteiger partial charge is 0.137 e. The molecule has 4 nitrogen and oxygen atoms in total. The lowest BCUT2D eigenvalue weighted by Crippen LogP contribution is -2.17. The standard InChI is InChI=1S/C22H21N3OS/c26-14-20-11-18(15-27-20)17-5-8-22-23-21(13-25(22)12-17)16-3-6-19(7-4-16)24-9-1-2-10-24/h3-8,11-13,15,26H,1-2,9-10,14H2. The summed E-state index contributed by atoms with van der Waals surface area (Å²) < 4.78 is 2.08. The molecule has 0 radical (unpaired) electrons. The van der Waals surface area contributed by atoms with Crippen LogP contribution in [-0.4, -0.2) is 27.6 Å². The van der Waals surface area contributed by atoms with Crippen molar-refractivity contribution in [2.75, 3.05) is 18.0 Å². The Morgan fingerprint density at radius 2 is 1.70 bits per heavy atom. The first-order chi connectivity index (χ1) is 13.3. The zero-order valence-electron chi connectivity index (χ0n) is 15.0. The molecule has 0 amide bonds. The third kappa shape index (κ3) is 3.13. The molecule has 1 N–H and O–H groups in total. The van der Waals surface area contributed by atoms with Crippen LogP contribution < -0.4 is 4.90 Å². The van der Waals surface area contributed by atoms with Crippen molar-refractivity contribution >= 4 is 22.7 Å². The fraction of sp³-hybridized carbons (Fsp3) is 0.227. The second-order valence-electron chi connectivity index (χ2n) is 7.01. The third-order valence-electron chi connectivity index (χ3n) is 5.23. The van der Waals surface area contributed by atoms with Crippen LogP contribution in [0.2, 0.25) is 0 Å². The first-order valence-electron chi connectivity index (χ1n) is 9.33. The van der Waals surface area contributed by atoms with Crippen molar-refractivity contribution in [2.24, 2.45) is 0 Å². The van der Waals surface area contributed by atoms with Gasteiger partial charge >= 0.3 is 0 Å². The van der Waals surface area contributed by atoms with Gasteiger partial charge in [-0.3, -0.25) is 0 Å². The lowest BCUT2D eigenvalue weighted by atomic mass is 10.1. The Labute approximate surface area is 162 Å². The number of pyridine rings is 1.